The van der Waals surface area contributed by atoms with Crippen molar-refractivity contribution in [2.45, 2.75) is 6.92 Å². The number of carbonyl (C=O) groups is 1. The highest BCUT2D eigenvalue weighted by atomic mass is 32.1. The Labute approximate surface area is 103 Å². The lowest BCUT2D eigenvalue weighted by atomic mass is 10.4. The second-order valence-electron chi connectivity index (χ2n) is 3.62. The number of fused-ring (bicyclic) bond motifs is 1. The summed E-state index contributed by atoms with van der Waals surface area (Å²) in [7, 11) is 1.78. The number of nitrogens with one attached hydrogen (secondary N) is 1. The number of carbonyl (C=O) groups excluding carboxylic acids is 1. The van der Waals surface area contributed by atoms with Gasteiger partial charge in [0.05, 0.1) is 16.8 Å². The molecule has 5 nitrogen and oxygen atoms in total. The van der Waals surface area contributed by atoms with Crippen LogP contribution < -0.4 is 5.32 Å². The van der Waals surface area contributed by atoms with E-state index in [0.717, 1.165) is 16.0 Å². The number of nitrogens with zero attached hydrogens (tertiary/aromatic N) is 3. The van der Waals surface area contributed by atoms with Crippen LogP contribution in [-0.4, -0.2) is 40.9 Å². The summed E-state index contributed by atoms with van der Waals surface area (Å²) < 4.78 is 0.986. The van der Waals surface area contributed by atoms with Gasteiger partial charge in [0.15, 0.2) is 0 Å². The molecule has 0 saturated heterocycles. The molecule has 2 heterocycles. The molecule has 0 aliphatic heterocycles. The fourth-order valence-electron chi connectivity index (χ4n) is 1.39. The second kappa shape index (κ2) is 5.09. The molecule has 0 saturated carbocycles. The molecule has 0 unspecified atom stereocenters. The van der Waals surface area contributed by atoms with E-state index >= 15 is 0 Å². The average Bonchev–Trinajstić information content (AvgIpc) is 2.83. The molecule has 0 bridgehead atoms. The third-order valence-electron chi connectivity index (χ3n) is 2.55. The van der Waals surface area contributed by atoms with E-state index in [1.807, 2.05) is 18.4 Å². The lowest BCUT2D eigenvalue weighted by molar-refractivity contribution is -0.127. The van der Waals surface area contributed by atoms with Crippen LogP contribution in [0.2, 0.25) is 0 Å². The van der Waals surface area contributed by atoms with E-state index in [-0.39, 0.29) is 12.5 Å². The molecule has 0 spiro atoms. The molecule has 0 atom stereocenters. The van der Waals surface area contributed by atoms with Crippen LogP contribution in [0, 0.1) is 0 Å². The summed E-state index contributed by atoms with van der Waals surface area (Å²) >= 11 is 1.57. The fraction of sp³-hybridized carbons (Fsp3) is 0.364. The Morgan fingerprint density at radius 2 is 2.35 bits per heavy atom. The Kier molecular flexibility index (Phi) is 3.53. The molecule has 0 aliphatic rings. The molecule has 2 aromatic heterocycles. The zero-order chi connectivity index (χ0) is 12.3. The van der Waals surface area contributed by atoms with E-state index in [2.05, 4.69) is 15.3 Å². The van der Waals surface area contributed by atoms with Gasteiger partial charge >= 0.3 is 0 Å². The van der Waals surface area contributed by atoms with Gasteiger partial charge < -0.3 is 10.2 Å². The average molecular weight is 250 g/mol. The van der Waals surface area contributed by atoms with Crippen LogP contribution in [0.25, 0.3) is 10.2 Å². The van der Waals surface area contributed by atoms with Crippen molar-refractivity contribution in [3.63, 3.8) is 0 Å². The van der Waals surface area contributed by atoms with E-state index in [1.54, 1.807) is 23.3 Å². The number of thiophene rings is 1. The summed E-state index contributed by atoms with van der Waals surface area (Å²) in [5, 5.41) is 5.02. The molecule has 2 aromatic rings. The van der Waals surface area contributed by atoms with Gasteiger partial charge in [-0.2, -0.15) is 0 Å². The zero-order valence-corrected chi connectivity index (χ0v) is 10.6. The first kappa shape index (κ1) is 11.8. The van der Waals surface area contributed by atoms with Crippen molar-refractivity contribution >= 4 is 33.3 Å². The van der Waals surface area contributed by atoms with Gasteiger partial charge in [-0.05, 0) is 18.4 Å². The van der Waals surface area contributed by atoms with Crippen LogP contribution in [0.3, 0.4) is 0 Å². The Bertz CT molecular complexity index is 525. The standard InChI is InChI=1S/C11H14N4OS/c1-3-15(2)9(16)6-12-11-10-8(4-5-17-10)13-7-14-11/h4-5,7H,3,6H2,1-2H3,(H,12,13,14). The summed E-state index contributed by atoms with van der Waals surface area (Å²) in [6, 6.07) is 1.94. The number of hydrogen-bond donors (Lipinski definition) is 1. The smallest absolute Gasteiger partial charge is 0.241 e. The first-order chi connectivity index (χ1) is 8.22. The second-order valence-corrected chi connectivity index (χ2v) is 4.53. The fourth-order valence-corrected chi connectivity index (χ4v) is 2.20. The highest BCUT2D eigenvalue weighted by Crippen LogP contribution is 2.24. The molecular weight excluding hydrogens is 236 g/mol. The van der Waals surface area contributed by atoms with Crippen molar-refractivity contribution in [1.29, 1.82) is 0 Å². The van der Waals surface area contributed by atoms with Crippen LogP contribution in [0.15, 0.2) is 17.8 Å². The van der Waals surface area contributed by atoms with Gasteiger partial charge in [0.25, 0.3) is 0 Å². The maximum atomic E-state index is 11.6. The Balaban J connectivity index is 2.09. The maximum Gasteiger partial charge on any atom is 0.241 e. The Hall–Kier alpha value is -1.69. The van der Waals surface area contributed by atoms with Gasteiger partial charge in [0.1, 0.15) is 12.1 Å². The first-order valence-corrected chi connectivity index (χ1v) is 6.26. The molecule has 0 fully saturated rings. The molecule has 17 heavy (non-hydrogen) atoms. The summed E-state index contributed by atoms with van der Waals surface area (Å²) in [6.45, 7) is 2.91. The summed E-state index contributed by atoms with van der Waals surface area (Å²) in [6.07, 6.45) is 1.51. The normalized spacial score (nSPS) is 10.5. The molecule has 0 radical (unpaired) electrons. The molecule has 90 valence electrons. The summed E-state index contributed by atoms with van der Waals surface area (Å²) in [5.41, 5.74) is 0.906. The van der Waals surface area contributed by atoms with Crippen LogP contribution in [0.4, 0.5) is 5.82 Å². The third-order valence-corrected chi connectivity index (χ3v) is 3.46. The van der Waals surface area contributed by atoms with E-state index in [4.69, 9.17) is 0 Å². The van der Waals surface area contributed by atoms with Crippen LogP contribution in [0.1, 0.15) is 6.92 Å². The Morgan fingerprint density at radius 3 is 3.12 bits per heavy atom. The zero-order valence-electron chi connectivity index (χ0n) is 9.80. The van der Waals surface area contributed by atoms with Crippen molar-refractivity contribution in [2.24, 2.45) is 0 Å². The van der Waals surface area contributed by atoms with E-state index in [0.29, 0.717) is 6.54 Å². The number of anilines is 1. The molecule has 1 amide bonds. The van der Waals surface area contributed by atoms with Gasteiger partial charge in [0.2, 0.25) is 5.91 Å². The highest BCUT2D eigenvalue weighted by molar-refractivity contribution is 7.17. The lowest BCUT2D eigenvalue weighted by Crippen LogP contribution is -2.32. The predicted octanol–water partition coefficient (Wildman–Crippen LogP) is 1.58. The van der Waals surface area contributed by atoms with Gasteiger partial charge in [-0.1, -0.05) is 0 Å². The molecular formula is C11H14N4OS. The van der Waals surface area contributed by atoms with Crippen molar-refractivity contribution in [3.05, 3.63) is 17.8 Å². The van der Waals surface area contributed by atoms with Gasteiger partial charge in [0, 0.05) is 13.6 Å². The van der Waals surface area contributed by atoms with Crippen molar-refractivity contribution in [3.8, 4) is 0 Å². The van der Waals surface area contributed by atoms with Crippen LogP contribution >= 0.6 is 11.3 Å². The van der Waals surface area contributed by atoms with E-state index in [9.17, 15) is 4.79 Å². The van der Waals surface area contributed by atoms with E-state index in [1.165, 1.54) is 6.33 Å². The number of hydrogen-bond acceptors (Lipinski definition) is 5. The monoisotopic (exact) mass is 250 g/mol. The SMILES string of the molecule is CCN(C)C(=O)CNc1ncnc2ccsc12. The molecule has 0 aromatic carbocycles. The maximum absolute atomic E-state index is 11.6. The predicted molar refractivity (Wildman–Crippen MR) is 69.2 cm³/mol. The third kappa shape index (κ3) is 2.52. The minimum atomic E-state index is 0.0517. The van der Waals surface area contributed by atoms with Crippen molar-refractivity contribution in [1.82, 2.24) is 14.9 Å². The minimum Gasteiger partial charge on any atom is -0.360 e. The highest BCUT2D eigenvalue weighted by Gasteiger charge is 2.09. The van der Waals surface area contributed by atoms with Gasteiger partial charge in [-0.25, -0.2) is 9.97 Å². The lowest BCUT2D eigenvalue weighted by Gasteiger charge is -2.14. The van der Waals surface area contributed by atoms with E-state index < -0.39 is 0 Å². The Morgan fingerprint density at radius 1 is 1.53 bits per heavy atom. The number of amides is 1. The number of rotatable bonds is 4. The number of aromatic nitrogens is 2. The van der Waals surface area contributed by atoms with Crippen LogP contribution in [-0.2, 0) is 4.79 Å². The van der Waals surface area contributed by atoms with Crippen LogP contribution in [0.5, 0.6) is 0 Å². The molecule has 2 rings (SSSR count). The minimum absolute atomic E-state index is 0.0517. The van der Waals surface area contributed by atoms with Crippen molar-refractivity contribution in [2.75, 3.05) is 25.5 Å². The molecule has 6 heteroatoms. The quantitative estimate of drug-likeness (QED) is 0.895. The first-order valence-electron chi connectivity index (χ1n) is 5.38. The molecule has 1 N–H and O–H groups in total. The summed E-state index contributed by atoms with van der Waals surface area (Å²) in [5.74, 6) is 0.777. The largest absolute Gasteiger partial charge is 0.360 e. The summed E-state index contributed by atoms with van der Waals surface area (Å²) in [4.78, 5) is 21.6. The molecule has 0 aliphatic carbocycles. The van der Waals surface area contributed by atoms with Gasteiger partial charge in [-0.3, -0.25) is 4.79 Å². The topological polar surface area (TPSA) is 58.1 Å². The number of likely N-dealkylation sites (N-methyl/N-ethyl adjacent to an activating group) is 1. The van der Waals surface area contributed by atoms with Gasteiger partial charge in [-0.15, -0.1) is 11.3 Å². The van der Waals surface area contributed by atoms with Crippen molar-refractivity contribution < 1.29 is 4.79 Å².